The Hall–Kier alpha value is -3.52. The molecule has 3 aromatic carbocycles. The fourth-order valence-electron chi connectivity index (χ4n) is 4.07. The monoisotopic (exact) mass is 348 g/mol. The Morgan fingerprint density at radius 2 is 1.59 bits per heavy atom. The molecule has 2 heterocycles. The second kappa shape index (κ2) is 6.03. The predicted octanol–water partition coefficient (Wildman–Crippen LogP) is 6.94. The molecular formula is C25H20N2. The molecular weight excluding hydrogens is 328 g/mol. The minimum Gasteiger partial charge on any atom is -0.355 e. The number of nitrogens with zero attached hydrogens (tertiary/aromatic N) is 1. The lowest BCUT2D eigenvalue weighted by molar-refractivity contribution is 1.11. The highest BCUT2D eigenvalue weighted by molar-refractivity contribution is 6.08. The summed E-state index contributed by atoms with van der Waals surface area (Å²) < 4.78 is 2.33. The van der Waals surface area contributed by atoms with Crippen molar-refractivity contribution in [3.8, 4) is 5.69 Å². The van der Waals surface area contributed by atoms with Crippen LogP contribution in [0.15, 0.2) is 79.4 Å². The molecule has 0 saturated carbocycles. The summed E-state index contributed by atoms with van der Waals surface area (Å²) in [6.45, 7) is 6.11. The van der Waals surface area contributed by atoms with E-state index in [0.717, 1.165) is 16.9 Å². The Bertz CT molecular complexity index is 1350. The number of aromatic amines is 1. The maximum atomic E-state index is 4.06. The smallest absolute Gasteiger partial charge is 0.0541 e. The quantitative estimate of drug-likeness (QED) is 0.364. The zero-order valence-electron chi connectivity index (χ0n) is 15.2. The number of allylic oxidation sites excluding steroid dienone is 1. The van der Waals surface area contributed by atoms with E-state index < -0.39 is 0 Å². The zero-order valence-corrected chi connectivity index (χ0v) is 15.2. The highest BCUT2D eigenvalue weighted by atomic mass is 15.0. The van der Waals surface area contributed by atoms with Crippen molar-refractivity contribution in [3.63, 3.8) is 0 Å². The highest BCUT2D eigenvalue weighted by Crippen LogP contribution is 2.34. The van der Waals surface area contributed by atoms with Crippen LogP contribution < -0.4 is 0 Å². The third-order valence-corrected chi connectivity index (χ3v) is 5.23. The van der Waals surface area contributed by atoms with Crippen LogP contribution in [0.5, 0.6) is 0 Å². The number of hydrogen-bond donors (Lipinski definition) is 1. The third-order valence-electron chi connectivity index (χ3n) is 5.23. The number of benzene rings is 3. The molecule has 0 aliphatic carbocycles. The van der Waals surface area contributed by atoms with E-state index in [1.807, 2.05) is 6.08 Å². The molecule has 27 heavy (non-hydrogen) atoms. The summed E-state index contributed by atoms with van der Waals surface area (Å²) >= 11 is 0. The summed E-state index contributed by atoms with van der Waals surface area (Å²) in [4.78, 5) is 3.51. The third kappa shape index (κ3) is 2.27. The molecule has 0 fully saturated rings. The van der Waals surface area contributed by atoms with E-state index in [-0.39, 0.29) is 0 Å². The van der Waals surface area contributed by atoms with Gasteiger partial charge in [-0.25, -0.2) is 0 Å². The molecule has 130 valence electrons. The van der Waals surface area contributed by atoms with Gasteiger partial charge in [-0.2, -0.15) is 0 Å². The van der Waals surface area contributed by atoms with Gasteiger partial charge in [-0.3, -0.25) is 0 Å². The summed E-state index contributed by atoms with van der Waals surface area (Å²) in [5.74, 6) is 0. The van der Waals surface area contributed by atoms with Crippen molar-refractivity contribution in [1.82, 2.24) is 9.55 Å². The second-order valence-corrected chi connectivity index (χ2v) is 6.76. The van der Waals surface area contributed by atoms with E-state index in [2.05, 4.69) is 102 Å². The predicted molar refractivity (Wildman–Crippen MR) is 117 cm³/mol. The summed E-state index contributed by atoms with van der Waals surface area (Å²) in [5, 5.41) is 3.72. The molecule has 5 rings (SSSR count). The molecule has 0 amide bonds. The van der Waals surface area contributed by atoms with Gasteiger partial charge in [0, 0.05) is 38.4 Å². The molecule has 0 spiro atoms. The topological polar surface area (TPSA) is 20.7 Å². The lowest BCUT2D eigenvalue weighted by Gasteiger charge is -2.10. The van der Waals surface area contributed by atoms with Gasteiger partial charge in [0.25, 0.3) is 0 Å². The van der Waals surface area contributed by atoms with Crippen LogP contribution in [0, 0.1) is 0 Å². The van der Waals surface area contributed by atoms with Crippen molar-refractivity contribution in [2.24, 2.45) is 0 Å². The number of para-hydroxylation sites is 2. The Morgan fingerprint density at radius 3 is 2.41 bits per heavy atom. The molecule has 2 heteroatoms. The van der Waals surface area contributed by atoms with Crippen molar-refractivity contribution < 1.29 is 0 Å². The maximum absolute atomic E-state index is 4.06. The van der Waals surface area contributed by atoms with Crippen LogP contribution in [0.3, 0.4) is 0 Å². The van der Waals surface area contributed by atoms with Gasteiger partial charge < -0.3 is 9.55 Å². The van der Waals surface area contributed by atoms with Gasteiger partial charge in [-0.05, 0) is 43.3 Å². The number of rotatable bonds is 3. The summed E-state index contributed by atoms with van der Waals surface area (Å²) in [6.07, 6.45) is 6.21. The van der Waals surface area contributed by atoms with Crippen LogP contribution in [0.1, 0.15) is 18.2 Å². The van der Waals surface area contributed by atoms with Crippen molar-refractivity contribution in [2.45, 2.75) is 6.92 Å². The first-order valence-electron chi connectivity index (χ1n) is 9.21. The molecule has 0 atom stereocenters. The van der Waals surface area contributed by atoms with Gasteiger partial charge in [0.05, 0.1) is 11.2 Å². The molecule has 0 bridgehead atoms. The molecule has 0 unspecified atom stereocenters. The fourth-order valence-corrected chi connectivity index (χ4v) is 4.07. The number of fused-ring (bicyclic) bond motifs is 4. The minimum atomic E-state index is 1.16. The molecule has 0 aliphatic rings. The van der Waals surface area contributed by atoms with Gasteiger partial charge >= 0.3 is 0 Å². The Balaban J connectivity index is 1.89. The molecule has 0 aliphatic heterocycles. The average Bonchev–Trinajstić information content (AvgIpc) is 3.23. The Labute approximate surface area is 158 Å². The van der Waals surface area contributed by atoms with Crippen molar-refractivity contribution in [3.05, 3.63) is 90.6 Å². The van der Waals surface area contributed by atoms with Gasteiger partial charge in [0.2, 0.25) is 0 Å². The first-order valence-corrected chi connectivity index (χ1v) is 9.21. The SMILES string of the molecule is C=Cc1c(/C=C\C)n(-c2ccc3[nH]c4ccccc4c3c2)c2ccccc12. The van der Waals surface area contributed by atoms with E-state index in [4.69, 9.17) is 0 Å². The van der Waals surface area contributed by atoms with Gasteiger partial charge in [-0.15, -0.1) is 0 Å². The first-order chi connectivity index (χ1) is 13.3. The Kier molecular flexibility index (Phi) is 3.51. The molecule has 1 N–H and O–H groups in total. The molecule has 5 aromatic rings. The Morgan fingerprint density at radius 1 is 0.852 bits per heavy atom. The van der Waals surface area contributed by atoms with Crippen LogP contribution in [-0.2, 0) is 0 Å². The summed E-state index contributed by atoms with van der Waals surface area (Å²) in [6, 6.07) is 23.6. The molecule has 0 saturated heterocycles. The van der Waals surface area contributed by atoms with E-state index in [1.54, 1.807) is 0 Å². The lowest BCUT2D eigenvalue weighted by atomic mass is 10.1. The van der Waals surface area contributed by atoms with E-state index >= 15 is 0 Å². The van der Waals surface area contributed by atoms with Crippen LogP contribution in [-0.4, -0.2) is 9.55 Å². The molecule has 2 nitrogen and oxygen atoms in total. The van der Waals surface area contributed by atoms with Gasteiger partial charge in [0.1, 0.15) is 0 Å². The van der Waals surface area contributed by atoms with Gasteiger partial charge in [0.15, 0.2) is 0 Å². The van der Waals surface area contributed by atoms with Crippen molar-refractivity contribution in [1.29, 1.82) is 0 Å². The zero-order chi connectivity index (χ0) is 18.4. The highest BCUT2D eigenvalue weighted by Gasteiger charge is 2.15. The normalized spacial score (nSPS) is 11.9. The van der Waals surface area contributed by atoms with Crippen molar-refractivity contribution in [2.75, 3.05) is 0 Å². The maximum Gasteiger partial charge on any atom is 0.0541 e. The summed E-state index contributed by atoms with van der Waals surface area (Å²) in [7, 11) is 0. The number of nitrogens with one attached hydrogen (secondary N) is 1. The summed E-state index contributed by atoms with van der Waals surface area (Å²) in [5.41, 5.74) is 7.01. The van der Waals surface area contributed by atoms with Gasteiger partial charge in [-0.1, -0.05) is 55.1 Å². The standard InChI is InChI=1S/C25H20N2/c1-3-9-24-18(4-2)20-11-6-8-13-25(20)27(24)17-14-15-23-21(16-17)19-10-5-7-12-22(19)26-23/h3-16,26H,2H2,1H3/b9-3-. The number of H-pyrrole nitrogens is 1. The van der Waals surface area contributed by atoms with Crippen LogP contribution in [0.4, 0.5) is 0 Å². The molecule has 2 aromatic heterocycles. The van der Waals surface area contributed by atoms with E-state index in [0.29, 0.717) is 0 Å². The lowest BCUT2D eigenvalue weighted by Crippen LogP contribution is -1.96. The van der Waals surface area contributed by atoms with Crippen molar-refractivity contribution >= 4 is 44.9 Å². The first kappa shape index (κ1) is 15.7. The van der Waals surface area contributed by atoms with Crippen LogP contribution in [0.25, 0.3) is 50.5 Å². The fraction of sp³-hybridized carbons (Fsp3) is 0.0400. The average molecular weight is 348 g/mol. The largest absolute Gasteiger partial charge is 0.355 e. The van der Waals surface area contributed by atoms with E-state index in [9.17, 15) is 0 Å². The second-order valence-electron chi connectivity index (χ2n) is 6.76. The minimum absolute atomic E-state index is 1.16. The van der Waals surface area contributed by atoms with Crippen LogP contribution >= 0.6 is 0 Å². The van der Waals surface area contributed by atoms with Crippen LogP contribution in [0.2, 0.25) is 0 Å². The number of hydrogen-bond acceptors (Lipinski definition) is 0. The number of aromatic nitrogens is 2. The molecule has 0 radical (unpaired) electrons. The van der Waals surface area contributed by atoms with E-state index in [1.165, 1.54) is 32.8 Å².